The molecule has 0 saturated heterocycles. The minimum atomic E-state index is -0.313. The first-order chi connectivity index (χ1) is 16.4. The number of aromatic nitrogens is 5. The van der Waals surface area contributed by atoms with E-state index in [1.165, 1.54) is 7.11 Å². The minimum absolute atomic E-state index is 0.103. The van der Waals surface area contributed by atoms with E-state index in [-0.39, 0.29) is 23.9 Å². The average Bonchev–Trinajstić information content (AvgIpc) is 3.46. The van der Waals surface area contributed by atoms with Crippen LogP contribution in [0.4, 0.5) is 5.82 Å². The van der Waals surface area contributed by atoms with Gasteiger partial charge >= 0.3 is 0 Å². The fourth-order valence-corrected chi connectivity index (χ4v) is 4.67. The lowest BCUT2D eigenvalue weighted by Gasteiger charge is -2.34. The number of imidazole rings is 1. The molecule has 34 heavy (non-hydrogen) atoms. The van der Waals surface area contributed by atoms with Gasteiger partial charge in [0.1, 0.15) is 5.75 Å². The maximum atomic E-state index is 13.1. The summed E-state index contributed by atoms with van der Waals surface area (Å²) in [5.74, 6) is 0.715. The van der Waals surface area contributed by atoms with Gasteiger partial charge in [-0.1, -0.05) is 0 Å². The Morgan fingerprint density at radius 2 is 2.00 bits per heavy atom. The van der Waals surface area contributed by atoms with Crippen LogP contribution in [0.15, 0.2) is 42.9 Å². The molecule has 10 heteroatoms. The average molecular weight is 462 g/mol. The Hall–Kier alpha value is -3.95. The summed E-state index contributed by atoms with van der Waals surface area (Å²) in [6.07, 6.45) is 8.98. The molecule has 0 radical (unpaired) electrons. The largest absolute Gasteiger partial charge is 0.496 e. The number of nitrogens with zero attached hydrogens (tertiary/aromatic N) is 6. The highest BCUT2D eigenvalue weighted by Gasteiger charge is 2.27. The number of carbonyl (C=O) groups excluding carboxylic acids is 2. The van der Waals surface area contributed by atoms with Gasteiger partial charge in [-0.3, -0.25) is 14.3 Å². The third kappa shape index (κ3) is 3.95. The van der Waals surface area contributed by atoms with Crippen molar-refractivity contribution < 1.29 is 14.3 Å². The number of anilines is 1. The van der Waals surface area contributed by atoms with Crippen LogP contribution in [0.5, 0.6) is 5.75 Å². The van der Waals surface area contributed by atoms with E-state index >= 15 is 0 Å². The highest BCUT2D eigenvalue weighted by atomic mass is 16.5. The summed E-state index contributed by atoms with van der Waals surface area (Å²) in [5.41, 5.74) is 1.82. The predicted molar refractivity (Wildman–Crippen MR) is 127 cm³/mol. The first kappa shape index (κ1) is 21.9. The highest BCUT2D eigenvalue weighted by molar-refractivity contribution is 6.08. The maximum absolute atomic E-state index is 13.1. The zero-order valence-electron chi connectivity index (χ0n) is 19.4. The van der Waals surface area contributed by atoms with Crippen LogP contribution in [0.1, 0.15) is 49.0 Å². The summed E-state index contributed by atoms with van der Waals surface area (Å²) < 4.78 is 9.07. The molecule has 10 nitrogen and oxygen atoms in total. The topological polar surface area (TPSA) is 107 Å². The second-order valence-corrected chi connectivity index (χ2v) is 8.70. The molecule has 1 saturated carbocycles. The second-order valence-electron chi connectivity index (χ2n) is 8.70. The van der Waals surface area contributed by atoms with Crippen LogP contribution in [0.25, 0.3) is 16.6 Å². The Morgan fingerprint density at radius 3 is 2.74 bits per heavy atom. The van der Waals surface area contributed by atoms with Crippen molar-refractivity contribution in [2.75, 3.05) is 19.5 Å². The highest BCUT2D eigenvalue weighted by Crippen LogP contribution is 2.33. The lowest BCUT2D eigenvalue weighted by Crippen LogP contribution is -2.38. The molecule has 0 aliphatic heterocycles. The monoisotopic (exact) mass is 461 g/mol. The zero-order chi connectivity index (χ0) is 23.8. The van der Waals surface area contributed by atoms with Gasteiger partial charge in [0.25, 0.3) is 5.91 Å². The maximum Gasteiger partial charge on any atom is 0.260 e. The van der Waals surface area contributed by atoms with Crippen molar-refractivity contribution >= 4 is 34.2 Å². The van der Waals surface area contributed by atoms with Crippen LogP contribution in [-0.4, -0.2) is 61.3 Å². The third-order valence-corrected chi connectivity index (χ3v) is 6.69. The first-order valence-corrected chi connectivity index (χ1v) is 11.3. The van der Waals surface area contributed by atoms with Gasteiger partial charge < -0.3 is 15.0 Å². The van der Waals surface area contributed by atoms with Crippen LogP contribution in [0.3, 0.4) is 0 Å². The van der Waals surface area contributed by atoms with E-state index in [2.05, 4.69) is 15.4 Å². The number of nitrogens with one attached hydrogen (secondary N) is 1. The first-order valence-electron chi connectivity index (χ1n) is 11.3. The second kappa shape index (κ2) is 8.77. The molecule has 3 aromatic heterocycles. The molecule has 5 rings (SSSR count). The molecule has 2 amide bonds. The number of hydrogen-bond donors (Lipinski definition) is 1. The standard InChI is InChI=1S/C24H27N7O3/c1-15(32)29(2)17-6-8-18(9-7-17)30-14-16-11-19(21(34-3)12-20(16)28-30)24(33)27-23-13-25-22-5-4-10-26-31(22)23/h4-5,10-14,17-18H,6-9H2,1-3H3,(H,27,33)/t17-,18-. The van der Waals surface area contributed by atoms with E-state index in [1.807, 2.05) is 28.9 Å². The summed E-state index contributed by atoms with van der Waals surface area (Å²) in [5, 5.41) is 12.7. The molecule has 1 fully saturated rings. The normalized spacial score (nSPS) is 18.2. The fraction of sp³-hybridized carbons (Fsp3) is 0.375. The van der Waals surface area contributed by atoms with Gasteiger partial charge in [-0.2, -0.15) is 14.7 Å². The summed E-state index contributed by atoms with van der Waals surface area (Å²) in [4.78, 5) is 30.9. The van der Waals surface area contributed by atoms with Crippen molar-refractivity contribution in [2.24, 2.45) is 0 Å². The number of rotatable bonds is 5. The van der Waals surface area contributed by atoms with E-state index in [9.17, 15) is 9.59 Å². The Kier molecular flexibility index (Phi) is 5.64. The molecule has 4 aromatic rings. The molecule has 0 unspecified atom stereocenters. The summed E-state index contributed by atoms with van der Waals surface area (Å²) in [6, 6.07) is 7.74. The number of amides is 2. The van der Waals surface area contributed by atoms with E-state index in [0.29, 0.717) is 22.8 Å². The van der Waals surface area contributed by atoms with E-state index in [0.717, 1.165) is 36.6 Å². The zero-order valence-corrected chi connectivity index (χ0v) is 19.4. The summed E-state index contributed by atoms with van der Waals surface area (Å²) >= 11 is 0. The molecule has 1 aliphatic carbocycles. The molecule has 1 N–H and O–H groups in total. The van der Waals surface area contributed by atoms with E-state index in [4.69, 9.17) is 9.84 Å². The van der Waals surface area contributed by atoms with Gasteiger partial charge in [0.05, 0.1) is 30.4 Å². The smallest absolute Gasteiger partial charge is 0.260 e. The number of carbonyl (C=O) groups is 2. The Morgan fingerprint density at radius 1 is 1.21 bits per heavy atom. The SMILES string of the molecule is COc1cc2nn([C@H]3CC[C@H](N(C)C(C)=O)CC3)cc2cc1C(=O)Nc1cnc2cccnn12. The van der Waals surface area contributed by atoms with Gasteiger partial charge in [-0.05, 0) is 43.9 Å². The predicted octanol–water partition coefficient (Wildman–Crippen LogP) is 3.30. The molecule has 0 spiro atoms. The summed E-state index contributed by atoms with van der Waals surface area (Å²) in [6.45, 7) is 1.61. The number of methoxy groups -OCH3 is 1. The molecule has 0 bridgehead atoms. The number of benzene rings is 1. The molecule has 0 atom stereocenters. The number of hydrogen-bond acceptors (Lipinski definition) is 6. The molecular formula is C24H27N7O3. The quantitative estimate of drug-likeness (QED) is 0.489. The molecule has 176 valence electrons. The molecule has 3 heterocycles. The van der Waals surface area contributed by atoms with Gasteiger partial charge in [-0.15, -0.1) is 0 Å². The fourth-order valence-electron chi connectivity index (χ4n) is 4.67. The van der Waals surface area contributed by atoms with E-state index < -0.39 is 0 Å². The van der Waals surface area contributed by atoms with Crippen LogP contribution >= 0.6 is 0 Å². The number of fused-ring (bicyclic) bond motifs is 2. The van der Waals surface area contributed by atoms with E-state index in [1.54, 1.807) is 42.0 Å². The van der Waals surface area contributed by atoms with Gasteiger partial charge in [-0.25, -0.2) is 4.98 Å². The Labute approximate surface area is 196 Å². The van der Waals surface area contributed by atoms with Crippen molar-refractivity contribution in [1.29, 1.82) is 0 Å². The van der Waals surface area contributed by atoms with Crippen LogP contribution in [-0.2, 0) is 4.79 Å². The van der Waals surface area contributed by atoms with Gasteiger partial charge in [0.15, 0.2) is 11.5 Å². The van der Waals surface area contributed by atoms with Crippen molar-refractivity contribution in [1.82, 2.24) is 29.3 Å². The lowest BCUT2D eigenvalue weighted by molar-refractivity contribution is -0.130. The molecule has 1 aliphatic rings. The van der Waals surface area contributed by atoms with Crippen LogP contribution in [0.2, 0.25) is 0 Å². The van der Waals surface area contributed by atoms with Crippen molar-refractivity contribution in [3.05, 3.63) is 48.4 Å². The number of ether oxygens (including phenoxy) is 1. The van der Waals surface area contributed by atoms with Crippen LogP contribution in [0, 0.1) is 0 Å². The lowest BCUT2D eigenvalue weighted by atomic mass is 9.90. The minimum Gasteiger partial charge on any atom is -0.496 e. The summed E-state index contributed by atoms with van der Waals surface area (Å²) in [7, 11) is 3.41. The van der Waals surface area contributed by atoms with Gasteiger partial charge in [0.2, 0.25) is 5.91 Å². The van der Waals surface area contributed by atoms with Gasteiger partial charge in [0, 0.05) is 43.9 Å². The molecule has 1 aromatic carbocycles. The molecular weight excluding hydrogens is 434 g/mol. The Balaban J connectivity index is 1.38. The van der Waals surface area contributed by atoms with Crippen molar-refractivity contribution in [3.8, 4) is 5.75 Å². The third-order valence-electron chi connectivity index (χ3n) is 6.69. The van der Waals surface area contributed by atoms with Crippen molar-refractivity contribution in [3.63, 3.8) is 0 Å². The van der Waals surface area contributed by atoms with Crippen molar-refractivity contribution in [2.45, 2.75) is 44.7 Å². The van der Waals surface area contributed by atoms with Crippen LogP contribution < -0.4 is 10.1 Å². The Bertz CT molecular complexity index is 1370.